The van der Waals surface area contributed by atoms with Gasteiger partial charge in [0.05, 0.1) is 34.3 Å². The first-order valence-electron chi connectivity index (χ1n) is 8.94. The van der Waals surface area contributed by atoms with Gasteiger partial charge in [-0.15, -0.1) is 0 Å². The highest BCUT2D eigenvalue weighted by atomic mass is 35.5. The predicted octanol–water partition coefficient (Wildman–Crippen LogP) is 4.86. The lowest BCUT2D eigenvalue weighted by Gasteiger charge is -2.07. The van der Waals surface area contributed by atoms with Crippen LogP contribution in [0.4, 0.5) is 10.3 Å². The van der Waals surface area contributed by atoms with Gasteiger partial charge in [-0.2, -0.15) is 0 Å². The Labute approximate surface area is 166 Å². The Morgan fingerprint density at radius 3 is 2.82 bits per heavy atom. The normalized spacial score (nSPS) is 10.8. The van der Waals surface area contributed by atoms with Gasteiger partial charge in [0.2, 0.25) is 5.95 Å². The van der Waals surface area contributed by atoms with E-state index in [4.69, 9.17) is 22.1 Å². The number of carbonyl (C=O) groups is 1. The lowest BCUT2D eigenvalue weighted by Crippen LogP contribution is -2.07. The number of hydrogen-bond donors (Lipinski definition) is 2. The van der Waals surface area contributed by atoms with Crippen molar-refractivity contribution in [2.45, 2.75) is 26.2 Å². The quantitative estimate of drug-likeness (QED) is 0.434. The van der Waals surface area contributed by atoms with Crippen LogP contribution in [0.25, 0.3) is 22.6 Å². The summed E-state index contributed by atoms with van der Waals surface area (Å²) in [5.41, 5.74) is 7.91. The van der Waals surface area contributed by atoms with Crippen LogP contribution < -0.4 is 5.73 Å². The van der Waals surface area contributed by atoms with Crippen LogP contribution in [0.3, 0.4) is 0 Å². The number of ether oxygens (including phenoxy) is 1. The Balaban J connectivity index is 2.01. The SMILES string of the molecule is CCCCCOC(=O)c1cc(-c2ccnc(N)n2)[nH]c1-c1ccc(F)cc1Cl. The number of aromatic nitrogens is 3. The molecule has 8 heteroatoms. The number of nitrogens with one attached hydrogen (secondary N) is 1. The van der Waals surface area contributed by atoms with Gasteiger partial charge in [-0.25, -0.2) is 19.2 Å². The lowest BCUT2D eigenvalue weighted by atomic mass is 10.1. The Kier molecular flexibility index (Phi) is 6.26. The molecule has 3 N–H and O–H groups in total. The molecule has 2 aromatic heterocycles. The molecule has 0 radical (unpaired) electrons. The maximum Gasteiger partial charge on any atom is 0.340 e. The maximum absolute atomic E-state index is 13.5. The number of nitrogens with zero attached hydrogens (tertiary/aromatic N) is 2. The van der Waals surface area contributed by atoms with Crippen LogP contribution in [0.5, 0.6) is 0 Å². The van der Waals surface area contributed by atoms with Crippen molar-refractivity contribution in [1.29, 1.82) is 0 Å². The number of H-pyrrole nitrogens is 1. The van der Waals surface area contributed by atoms with E-state index in [-0.39, 0.29) is 16.5 Å². The zero-order chi connectivity index (χ0) is 20.1. The minimum atomic E-state index is -0.490. The first-order valence-corrected chi connectivity index (χ1v) is 9.32. The topological polar surface area (TPSA) is 93.9 Å². The molecule has 0 amide bonds. The van der Waals surface area contributed by atoms with Crippen molar-refractivity contribution in [2.75, 3.05) is 12.3 Å². The molecule has 3 aromatic rings. The second-order valence-electron chi connectivity index (χ2n) is 6.24. The minimum Gasteiger partial charge on any atom is -0.462 e. The second-order valence-corrected chi connectivity index (χ2v) is 6.65. The van der Waals surface area contributed by atoms with Crippen LogP contribution in [0.15, 0.2) is 36.5 Å². The summed E-state index contributed by atoms with van der Waals surface area (Å²) in [7, 11) is 0. The first-order chi connectivity index (χ1) is 13.5. The first kappa shape index (κ1) is 19.8. The number of nitrogen functional groups attached to an aromatic ring is 1. The molecule has 0 saturated carbocycles. The molecule has 146 valence electrons. The van der Waals surface area contributed by atoms with E-state index < -0.39 is 11.8 Å². The summed E-state index contributed by atoms with van der Waals surface area (Å²) < 4.78 is 18.9. The Bertz CT molecular complexity index is 990. The van der Waals surface area contributed by atoms with E-state index in [0.717, 1.165) is 19.3 Å². The summed E-state index contributed by atoms with van der Waals surface area (Å²) >= 11 is 6.21. The number of carbonyl (C=O) groups excluding carboxylic acids is 1. The molecular formula is C20H20ClFN4O2. The van der Waals surface area contributed by atoms with E-state index in [1.807, 2.05) is 0 Å². The van der Waals surface area contributed by atoms with Crippen molar-refractivity contribution in [3.05, 3.63) is 52.9 Å². The molecule has 28 heavy (non-hydrogen) atoms. The summed E-state index contributed by atoms with van der Waals surface area (Å²) in [6.07, 6.45) is 4.31. The van der Waals surface area contributed by atoms with Crippen molar-refractivity contribution >= 4 is 23.5 Å². The van der Waals surface area contributed by atoms with Crippen LogP contribution in [-0.4, -0.2) is 27.5 Å². The van der Waals surface area contributed by atoms with E-state index in [9.17, 15) is 9.18 Å². The average Bonchev–Trinajstić information content (AvgIpc) is 3.10. The van der Waals surface area contributed by atoms with Gasteiger partial charge in [-0.1, -0.05) is 31.4 Å². The van der Waals surface area contributed by atoms with Gasteiger partial charge < -0.3 is 15.5 Å². The van der Waals surface area contributed by atoms with Gasteiger partial charge in [-0.05, 0) is 36.8 Å². The largest absolute Gasteiger partial charge is 0.462 e. The van der Waals surface area contributed by atoms with E-state index in [1.165, 1.54) is 24.4 Å². The molecule has 0 unspecified atom stereocenters. The lowest BCUT2D eigenvalue weighted by molar-refractivity contribution is 0.0499. The number of nitrogens with two attached hydrogens (primary N) is 1. The zero-order valence-corrected chi connectivity index (χ0v) is 16.1. The van der Waals surface area contributed by atoms with Gasteiger partial charge in [0.15, 0.2) is 0 Å². The van der Waals surface area contributed by atoms with Crippen molar-refractivity contribution in [1.82, 2.24) is 15.0 Å². The van der Waals surface area contributed by atoms with Crippen molar-refractivity contribution in [2.24, 2.45) is 0 Å². The maximum atomic E-state index is 13.5. The Hall–Kier alpha value is -2.93. The fourth-order valence-electron chi connectivity index (χ4n) is 2.78. The highest BCUT2D eigenvalue weighted by Gasteiger charge is 2.21. The number of unbranched alkanes of at least 4 members (excludes halogenated alkanes) is 2. The Morgan fingerprint density at radius 1 is 1.29 bits per heavy atom. The van der Waals surface area contributed by atoms with Gasteiger partial charge in [-0.3, -0.25) is 0 Å². The number of esters is 1. The number of aromatic amines is 1. The molecule has 2 heterocycles. The number of anilines is 1. The van der Waals surface area contributed by atoms with Gasteiger partial charge >= 0.3 is 5.97 Å². The van der Waals surface area contributed by atoms with Crippen molar-refractivity contribution in [3.63, 3.8) is 0 Å². The van der Waals surface area contributed by atoms with E-state index in [1.54, 1.807) is 12.1 Å². The third-order valence-corrected chi connectivity index (χ3v) is 4.48. The highest BCUT2D eigenvalue weighted by Crippen LogP contribution is 2.33. The summed E-state index contributed by atoms with van der Waals surface area (Å²) in [5.74, 6) is -0.846. The fraction of sp³-hybridized carbons (Fsp3) is 0.250. The van der Waals surface area contributed by atoms with Gasteiger partial charge in [0.25, 0.3) is 0 Å². The van der Waals surface area contributed by atoms with Crippen molar-refractivity contribution in [3.8, 4) is 22.6 Å². The summed E-state index contributed by atoms with van der Waals surface area (Å²) in [4.78, 5) is 23.8. The monoisotopic (exact) mass is 402 g/mol. The van der Waals surface area contributed by atoms with E-state index in [2.05, 4.69) is 21.9 Å². The molecular weight excluding hydrogens is 383 g/mol. The minimum absolute atomic E-state index is 0.108. The molecule has 0 aliphatic rings. The van der Waals surface area contributed by atoms with E-state index in [0.29, 0.717) is 29.3 Å². The molecule has 0 spiro atoms. The Morgan fingerprint density at radius 2 is 2.11 bits per heavy atom. The molecule has 1 aromatic carbocycles. The highest BCUT2D eigenvalue weighted by molar-refractivity contribution is 6.33. The van der Waals surface area contributed by atoms with Crippen LogP contribution in [0.2, 0.25) is 5.02 Å². The molecule has 0 bridgehead atoms. The molecule has 0 saturated heterocycles. The van der Waals surface area contributed by atoms with E-state index >= 15 is 0 Å². The fourth-order valence-corrected chi connectivity index (χ4v) is 3.04. The molecule has 0 aliphatic carbocycles. The predicted molar refractivity (Wildman–Crippen MR) is 106 cm³/mol. The second kappa shape index (κ2) is 8.84. The third-order valence-electron chi connectivity index (χ3n) is 4.17. The van der Waals surface area contributed by atoms with Crippen LogP contribution >= 0.6 is 11.6 Å². The smallest absolute Gasteiger partial charge is 0.340 e. The molecule has 0 aliphatic heterocycles. The van der Waals surface area contributed by atoms with Crippen LogP contribution in [0.1, 0.15) is 36.5 Å². The number of rotatable bonds is 7. The van der Waals surface area contributed by atoms with Crippen molar-refractivity contribution < 1.29 is 13.9 Å². The van der Waals surface area contributed by atoms with Gasteiger partial charge in [0.1, 0.15) is 5.82 Å². The summed E-state index contributed by atoms with van der Waals surface area (Å²) in [5, 5.41) is 0.177. The molecule has 0 atom stereocenters. The number of halogens is 2. The number of hydrogen-bond acceptors (Lipinski definition) is 5. The zero-order valence-electron chi connectivity index (χ0n) is 15.3. The molecule has 3 rings (SSSR count). The third kappa shape index (κ3) is 4.48. The summed E-state index contributed by atoms with van der Waals surface area (Å²) in [6.45, 7) is 2.40. The standard InChI is InChI=1S/C20H20ClFN4O2/c1-2-3-4-9-28-19(27)14-11-17(16-7-8-24-20(23)26-16)25-18(14)13-6-5-12(22)10-15(13)21/h5-8,10-11,25H,2-4,9H2,1H3,(H2,23,24,26). The molecule has 0 fully saturated rings. The van der Waals surface area contributed by atoms with Gasteiger partial charge in [0, 0.05) is 11.8 Å². The summed E-state index contributed by atoms with van der Waals surface area (Å²) in [6, 6.07) is 7.26. The van der Waals surface area contributed by atoms with Crippen LogP contribution in [0, 0.1) is 5.82 Å². The number of benzene rings is 1. The van der Waals surface area contributed by atoms with Crippen LogP contribution in [-0.2, 0) is 4.74 Å². The molecule has 6 nitrogen and oxygen atoms in total. The average molecular weight is 403 g/mol.